The zero-order valence-electron chi connectivity index (χ0n) is 33.1. The van der Waals surface area contributed by atoms with Gasteiger partial charge in [0, 0.05) is 48.5 Å². The van der Waals surface area contributed by atoms with E-state index in [1.54, 1.807) is 0 Å². The molecule has 2 N–H and O–H groups in total. The van der Waals surface area contributed by atoms with Gasteiger partial charge in [-0.25, -0.2) is 18.0 Å². The van der Waals surface area contributed by atoms with E-state index in [0.29, 0.717) is 0 Å². The van der Waals surface area contributed by atoms with Gasteiger partial charge in [0.2, 0.25) is 34.8 Å². The monoisotopic (exact) mass is 889 g/mol. The van der Waals surface area contributed by atoms with E-state index in [1.165, 1.54) is 0 Å². The number of hydrogen-bond donors (Lipinski definition) is 1. The van der Waals surface area contributed by atoms with Crippen molar-refractivity contribution in [2.75, 3.05) is 19.8 Å². The van der Waals surface area contributed by atoms with Crippen molar-refractivity contribution in [1.82, 2.24) is 0 Å². The molecule has 2 heterocycles. The Morgan fingerprint density at radius 2 is 0.869 bits per heavy atom. The molecule has 3 rings (SSSR count). The predicted molar refractivity (Wildman–Crippen MR) is 179 cm³/mol. The summed E-state index contributed by atoms with van der Waals surface area (Å²) in [7, 11) is 0. The van der Waals surface area contributed by atoms with Gasteiger partial charge in [0.15, 0.2) is 43.1 Å². The second-order valence-electron chi connectivity index (χ2n) is 12.9. The number of hydrogen-bond acceptors (Lipinski definition) is 21. The van der Waals surface area contributed by atoms with Crippen molar-refractivity contribution in [2.24, 2.45) is 5.73 Å². The summed E-state index contributed by atoms with van der Waals surface area (Å²) in [6.07, 6.45) is -18.4. The Kier molecular flexibility index (Phi) is 17.8. The second-order valence-corrected chi connectivity index (χ2v) is 12.9. The summed E-state index contributed by atoms with van der Waals surface area (Å²) in [4.78, 5) is 98.4. The van der Waals surface area contributed by atoms with Crippen LogP contribution in [0.25, 0.3) is 0 Å². The lowest BCUT2D eigenvalue weighted by molar-refractivity contribution is -0.361. The van der Waals surface area contributed by atoms with E-state index < -0.39 is 170 Å². The van der Waals surface area contributed by atoms with Crippen LogP contribution in [0.15, 0.2) is 0 Å². The maximum Gasteiger partial charge on any atom is 0.330 e. The summed E-state index contributed by atoms with van der Waals surface area (Å²) in [5.41, 5.74) is 5.73. The van der Waals surface area contributed by atoms with E-state index in [-0.39, 0.29) is 0 Å². The van der Waals surface area contributed by atoms with Gasteiger partial charge >= 0.3 is 47.8 Å². The molecule has 26 heteroatoms. The Balaban J connectivity index is 2.09. The van der Waals surface area contributed by atoms with Gasteiger partial charge in [0.25, 0.3) is 0 Å². The molecule has 0 spiro atoms. The molecule has 0 radical (unpaired) electrons. The highest BCUT2D eigenvalue weighted by atomic mass is 19.2. The quantitative estimate of drug-likeness (QED) is 0.0582. The topological polar surface area (TPSA) is 273 Å². The minimum atomic E-state index is -2.55. The molecule has 0 aliphatic carbocycles. The highest BCUT2D eigenvalue weighted by Gasteiger charge is 2.57. The van der Waals surface area contributed by atoms with Gasteiger partial charge in [0.1, 0.15) is 37.6 Å². The van der Waals surface area contributed by atoms with Crippen LogP contribution in [0.3, 0.4) is 0 Å². The molecule has 340 valence electrons. The fourth-order valence-corrected chi connectivity index (χ4v) is 5.72. The normalized spacial score (nSPS) is 26.4. The summed E-state index contributed by atoms with van der Waals surface area (Å²) in [6, 6.07) is -2.12. The first kappa shape index (κ1) is 49.8. The lowest BCUT2D eigenvalue weighted by Gasteiger charge is -2.48. The van der Waals surface area contributed by atoms with Crippen LogP contribution >= 0.6 is 0 Å². The molecule has 61 heavy (non-hydrogen) atoms. The first-order valence-electron chi connectivity index (χ1n) is 17.6. The van der Waals surface area contributed by atoms with E-state index in [1.807, 2.05) is 0 Å². The number of nitrogens with two attached hydrogens (primary N) is 1. The second kappa shape index (κ2) is 21.8. The summed E-state index contributed by atoms with van der Waals surface area (Å²) in [5.74, 6) is -23.3. The van der Waals surface area contributed by atoms with Gasteiger partial charge in [0.05, 0.1) is 6.61 Å². The zero-order valence-corrected chi connectivity index (χ0v) is 33.1. The van der Waals surface area contributed by atoms with Gasteiger partial charge in [-0.1, -0.05) is 0 Å². The average molecular weight is 890 g/mol. The van der Waals surface area contributed by atoms with Crippen LogP contribution in [0.5, 0.6) is 5.75 Å². The van der Waals surface area contributed by atoms with Gasteiger partial charge in [-0.3, -0.25) is 33.6 Å². The van der Waals surface area contributed by atoms with E-state index in [9.17, 15) is 60.3 Å². The number of esters is 8. The molecule has 0 bridgehead atoms. The van der Waals surface area contributed by atoms with Crippen molar-refractivity contribution in [3.63, 3.8) is 0 Å². The molecule has 0 amide bonds. The highest BCUT2D eigenvalue weighted by Crippen LogP contribution is 2.36. The molecule has 1 aromatic rings. The molecular formula is C35H40F5NO20. The lowest BCUT2D eigenvalue weighted by atomic mass is 9.96. The Morgan fingerprint density at radius 1 is 0.508 bits per heavy atom. The number of halogens is 5. The summed E-state index contributed by atoms with van der Waals surface area (Å²) in [6.45, 7) is 3.91. The maximum absolute atomic E-state index is 14.2. The summed E-state index contributed by atoms with van der Waals surface area (Å²) >= 11 is 0. The first-order valence-corrected chi connectivity index (χ1v) is 17.6. The standard InChI is InChI=1S/C35H40F5NO20/c1-11(42)50-9-19-26(53-13(3)44)29(54-14(4)45)32(57-17(7)48)35(59-19)61-27-20(10-51-12(2)43)58-34(31(56-16(6)47)30(27)55-15(5)46)52-8-18(41)33(49)60-28-24(39)22(37)21(36)23(38)25(28)40/h18-20,26-27,29-32,34-35H,8-10,41H2,1-7H3/t18-,19+,20+,26-,27-,29-,30-,31+,32+,34+,35+/m0/s1. The lowest BCUT2D eigenvalue weighted by Crippen LogP contribution is -2.67. The number of rotatable bonds is 16. The zero-order chi connectivity index (χ0) is 46.0. The van der Waals surface area contributed by atoms with Gasteiger partial charge in [-0.2, -0.15) is 8.78 Å². The van der Waals surface area contributed by atoms with E-state index in [0.717, 1.165) is 48.5 Å². The number of carbonyl (C=O) groups is 8. The van der Waals surface area contributed by atoms with Gasteiger partial charge in [-0.15, -0.1) is 0 Å². The molecule has 2 fully saturated rings. The summed E-state index contributed by atoms with van der Waals surface area (Å²) < 4.78 is 134. The molecule has 2 aliphatic heterocycles. The Morgan fingerprint density at radius 3 is 1.31 bits per heavy atom. The van der Waals surface area contributed by atoms with Crippen molar-refractivity contribution in [2.45, 2.75) is 116 Å². The molecule has 11 atom stereocenters. The molecule has 21 nitrogen and oxygen atoms in total. The van der Waals surface area contributed by atoms with Crippen LogP contribution in [0.4, 0.5) is 22.0 Å². The third kappa shape index (κ3) is 13.5. The highest BCUT2D eigenvalue weighted by molar-refractivity contribution is 5.78. The minimum Gasteiger partial charge on any atom is -0.463 e. The summed E-state index contributed by atoms with van der Waals surface area (Å²) in [5, 5.41) is 0. The largest absolute Gasteiger partial charge is 0.463 e. The van der Waals surface area contributed by atoms with Crippen molar-refractivity contribution in [3.8, 4) is 5.75 Å². The van der Waals surface area contributed by atoms with E-state index in [4.69, 9.17) is 57.8 Å². The van der Waals surface area contributed by atoms with E-state index >= 15 is 0 Å². The Labute approximate surface area is 341 Å². The number of ether oxygens (including phenoxy) is 12. The van der Waals surface area contributed by atoms with Crippen molar-refractivity contribution >= 4 is 47.8 Å². The SMILES string of the molecule is CC(=O)OC[C@H]1O[C@H](O[C@@H]2[C@H](OC(C)=O)[C@@H](OC(C)=O)[C@H](OC[C@H](N)C(=O)Oc3c(F)c(F)c(F)c(F)c3F)O[C@@H]2COC(C)=O)[C@H](OC(C)=O)[C@@H](OC(C)=O)[C@H]1OC(C)=O. The molecule has 0 aromatic heterocycles. The third-order valence-corrected chi connectivity index (χ3v) is 8.00. The van der Waals surface area contributed by atoms with Crippen LogP contribution in [-0.4, -0.2) is 135 Å². The number of carbonyl (C=O) groups excluding carboxylic acids is 8. The fourth-order valence-electron chi connectivity index (χ4n) is 5.72. The smallest absolute Gasteiger partial charge is 0.330 e. The van der Waals surface area contributed by atoms with Crippen molar-refractivity contribution in [3.05, 3.63) is 29.1 Å². The van der Waals surface area contributed by atoms with Gasteiger partial charge in [-0.05, 0) is 0 Å². The maximum atomic E-state index is 14.2. The van der Waals surface area contributed by atoms with Crippen LogP contribution in [0.2, 0.25) is 0 Å². The van der Waals surface area contributed by atoms with Crippen LogP contribution in [0, 0.1) is 29.1 Å². The average Bonchev–Trinajstić information content (AvgIpc) is 3.15. The van der Waals surface area contributed by atoms with Crippen LogP contribution in [0.1, 0.15) is 48.5 Å². The first-order chi connectivity index (χ1) is 28.4. The molecule has 1 aromatic carbocycles. The number of benzene rings is 1. The van der Waals surface area contributed by atoms with Crippen LogP contribution in [-0.2, 0) is 90.5 Å². The molecule has 0 saturated carbocycles. The fraction of sp³-hybridized carbons (Fsp3) is 0.600. The third-order valence-electron chi connectivity index (χ3n) is 8.00. The predicted octanol–water partition coefficient (Wildman–Crippen LogP) is 0.251. The minimum absolute atomic E-state index is 0.706. The molecule has 0 unspecified atom stereocenters. The van der Waals surface area contributed by atoms with E-state index in [2.05, 4.69) is 4.74 Å². The Hall–Kier alpha value is -5.57. The van der Waals surface area contributed by atoms with Crippen molar-refractivity contribution in [1.29, 1.82) is 0 Å². The molecular weight excluding hydrogens is 849 g/mol. The van der Waals surface area contributed by atoms with Crippen molar-refractivity contribution < 1.29 is 117 Å². The van der Waals surface area contributed by atoms with Gasteiger partial charge < -0.3 is 62.6 Å². The Bertz CT molecular complexity index is 1820. The van der Waals surface area contributed by atoms with Crippen LogP contribution < -0.4 is 10.5 Å². The molecule has 2 aliphatic rings. The molecule has 2 saturated heterocycles.